The normalized spacial score (nSPS) is 12.0. The number of hydrogen-bond acceptors (Lipinski definition) is 4. The summed E-state index contributed by atoms with van der Waals surface area (Å²) in [6.45, 7) is 2.17. The zero-order valence-electron chi connectivity index (χ0n) is 17.4. The fraction of sp³-hybridized carbons (Fsp3) is 0.0833. The first-order chi connectivity index (χ1) is 15.8. The molecule has 0 radical (unpaired) electrons. The average Bonchev–Trinajstić information content (AvgIpc) is 3.10. The van der Waals surface area contributed by atoms with E-state index in [1.165, 1.54) is 35.6 Å². The van der Waals surface area contributed by atoms with Gasteiger partial charge < -0.3 is 4.57 Å². The van der Waals surface area contributed by atoms with Crippen LogP contribution in [0.25, 0.3) is 10.2 Å². The Labute approximate surface area is 203 Å². The molecule has 0 bridgehead atoms. The molecular formula is C24H18BrN3O3S2. The fourth-order valence-corrected chi connectivity index (χ4v) is 5.78. The minimum atomic E-state index is -3.72. The topological polar surface area (TPSA) is 80.5 Å². The lowest BCUT2D eigenvalue weighted by molar-refractivity contribution is 0.0998. The van der Waals surface area contributed by atoms with Crippen molar-refractivity contribution in [3.8, 4) is 12.3 Å². The van der Waals surface area contributed by atoms with Crippen LogP contribution in [-0.2, 0) is 16.6 Å². The third kappa shape index (κ3) is 5.09. The molecule has 0 atom stereocenters. The van der Waals surface area contributed by atoms with E-state index in [0.29, 0.717) is 16.1 Å². The van der Waals surface area contributed by atoms with E-state index in [2.05, 4.69) is 31.6 Å². The van der Waals surface area contributed by atoms with Crippen LogP contribution in [0.15, 0.2) is 81.1 Å². The first-order valence-corrected chi connectivity index (χ1v) is 12.9. The Bertz CT molecular complexity index is 1560. The maximum absolute atomic E-state index is 12.8. The predicted molar refractivity (Wildman–Crippen MR) is 135 cm³/mol. The average molecular weight is 540 g/mol. The highest BCUT2D eigenvalue weighted by atomic mass is 79.9. The lowest BCUT2D eigenvalue weighted by Crippen LogP contribution is -2.16. The molecule has 0 spiro atoms. The summed E-state index contributed by atoms with van der Waals surface area (Å²) in [7, 11) is -3.72. The van der Waals surface area contributed by atoms with Gasteiger partial charge in [0.15, 0.2) is 4.80 Å². The van der Waals surface area contributed by atoms with Crippen molar-refractivity contribution in [2.45, 2.75) is 18.4 Å². The number of thiazole rings is 1. The SMILES string of the molecule is C#CCn1c(=NC(=O)c2ccc(NS(=O)(=O)c3ccc(C)cc3)cc2)sc2cc(Br)ccc21. The number of anilines is 1. The Hall–Kier alpha value is -3.19. The molecule has 6 nitrogen and oxygen atoms in total. The number of carbonyl (C=O) groups excluding carboxylic acids is 1. The molecule has 0 unspecified atom stereocenters. The quantitative estimate of drug-likeness (QED) is 0.364. The third-order valence-electron chi connectivity index (χ3n) is 4.81. The van der Waals surface area contributed by atoms with Gasteiger partial charge in [0.2, 0.25) is 0 Å². The number of aryl methyl sites for hydroxylation is 1. The maximum atomic E-state index is 12.8. The van der Waals surface area contributed by atoms with Crippen LogP contribution in [0, 0.1) is 19.3 Å². The van der Waals surface area contributed by atoms with E-state index in [-0.39, 0.29) is 11.4 Å². The second-order valence-electron chi connectivity index (χ2n) is 7.20. The highest BCUT2D eigenvalue weighted by Gasteiger charge is 2.14. The van der Waals surface area contributed by atoms with Gasteiger partial charge in [-0.05, 0) is 61.5 Å². The molecule has 1 heterocycles. The molecular weight excluding hydrogens is 522 g/mol. The number of fused-ring (bicyclic) bond motifs is 1. The summed E-state index contributed by atoms with van der Waals surface area (Å²) in [5.74, 6) is 2.15. The van der Waals surface area contributed by atoms with Gasteiger partial charge in [0.1, 0.15) is 0 Å². The summed E-state index contributed by atoms with van der Waals surface area (Å²) in [5, 5.41) is 0. The zero-order valence-corrected chi connectivity index (χ0v) is 20.7. The Balaban J connectivity index is 1.60. The Morgan fingerprint density at radius 1 is 1.12 bits per heavy atom. The number of benzene rings is 3. The van der Waals surface area contributed by atoms with Crippen LogP contribution in [0.4, 0.5) is 5.69 Å². The standard InChI is InChI=1S/C24H18BrN3O3S2/c1-3-14-28-21-13-8-18(25)15-22(21)32-24(28)26-23(29)17-6-9-19(10-7-17)27-33(30,31)20-11-4-16(2)5-12-20/h1,4-13,15,27H,14H2,2H3. The number of aromatic nitrogens is 1. The minimum Gasteiger partial charge on any atom is -0.305 e. The van der Waals surface area contributed by atoms with Gasteiger partial charge in [0, 0.05) is 15.7 Å². The maximum Gasteiger partial charge on any atom is 0.279 e. The van der Waals surface area contributed by atoms with E-state index >= 15 is 0 Å². The lowest BCUT2D eigenvalue weighted by atomic mass is 10.2. The van der Waals surface area contributed by atoms with Crippen LogP contribution in [-0.4, -0.2) is 18.9 Å². The second-order valence-corrected chi connectivity index (χ2v) is 10.8. The number of amides is 1. The number of carbonyl (C=O) groups is 1. The van der Waals surface area contributed by atoms with Crippen molar-refractivity contribution >= 4 is 59.1 Å². The van der Waals surface area contributed by atoms with E-state index in [1.807, 2.05) is 29.7 Å². The molecule has 0 aliphatic heterocycles. The molecule has 4 rings (SSSR count). The zero-order chi connectivity index (χ0) is 23.6. The molecule has 1 N–H and O–H groups in total. The largest absolute Gasteiger partial charge is 0.305 e. The molecule has 166 valence electrons. The molecule has 4 aromatic rings. The number of nitrogens with one attached hydrogen (secondary N) is 1. The number of rotatable bonds is 5. The Kier molecular flexibility index (Phi) is 6.51. The molecule has 1 amide bonds. The third-order valence-corrected chi connectivity index (χ3v) is 7.74. The van der Waals surface area contributed by atoms with Crippen LogP contribution < -0.4 is 9.52 Å². The molecule has 0 fully saturated rings. The summed E-state index contributed by atoms with van der Waals surface area (Å²) < 4.78 is 31.3. The number of nitrogens with zero attached hydrogens (tertiary/aromatic N) is 2. The van der Waals surface area contributed by atoms with Crippen LogP contribution in [0.3, 0.4) is 0 Å². The van der Waals surface area contributed by atoms with Gasteiger partial charge in [-0.3, -0.25) is 9.52 Å². The molecule has 33 heavy (non-hydrogen) atoms. The van der Waals surface area contributed by atoms with Gasteiger partial charge in [0.05, 0.1) is 21.7 Å². The minimum absolute atomic E-state index is 0.165. The first-order valence-electron chi connectivity index (χ1n) is 9.78. The van der Waals surface area contributed by atoms with Crippen LogP contribution in [0.5, 0.6) is 0 Å². The van der Waals surface area contributed by atoms with E-state index in [1.54, 1.807) is 24.3 Å². The van der Waals surface area contributed by atoms with Crippen molar-refractivity contribution in [2.24, 2.45) is 4.99 Å². The number of halogens is 1. The van der Waals surface area contributed by atoms with Crippen molar-refractivity contribution in [1.29, 1.82) is 0 Å². The van der Waals surface area contributed by atoms with Gasteiger partial charge in [-0.1, -0.05) is 50.9 Å². The van der Waals surface area contributed by atoms with Gasteiger partial charge in [-0.2, -0.15) is 4.99 Å². The van der Waals surface area contributed by atoms with Crippen LogP contribution in [0.1, 0.15) is 15.9 Å². The number of terminal acetylenes is 1. The summed E-state index contributed by atoms with van der Waals surface area (Å²) in [6.07, 6.45) is 5.51. The van der Waals surface area contributed by atoms with Crippen LogP contribution >= 0.6 is 27.3 Å². The van der Waals surface area contributed by atoms with Gasteiger partial charge >= 0.3 is 0 Å². The van der Waals surface area contributed by atoms with E-state index in [9.17, 15) is 13.2 Å². The monoisotopic (exact) mass is 539 g/mol. The summed E-state index contributed by atoms with van der Waals surface area (Å²) in [6, 6.07) is 18.5. The fourth-order valence-electron chi connectivity index (χ4n) is 3.14. The van der Waals surface area contributed by atoms with Gasteiger partial charge in [-0.25, -0.2) is 8.42 Å². The predicted octanol–water partition coefficient (Wildman–Crippen LogP) is 4.95. The first kappa shape index (κ1) is 23.0. The smallest absolute Gasteiger partial charge is 0.279 e. The van der Waals surface area contributed by atoms with Crippen molar-refractivity contribution in [2.75, 3.05) is 4.72 Å². The van der Waals surface area contributed by atoms with E-state index in [4.69, 9.17) is 6.42 Å². The van der Waals surface area contributed by atoms with E-state index < -0.39 is 15.9 Å². The van der Waals surface area contributed by atoms with Crippen LogP contribution in [0.2, 0.25) is 0 Å². The second kappa shape index (κ2) is 9.35. The lowest BCUT2D eigenvalue weighted by Gasteiger charge is -2.08. The highest BCUT2D eigenvalue weighted by molar-refractivity contribution is 9.10. The summed E-state index contributed by atoms with van der Waals surface area (Å²) >= 11 is 4.82. The van der Waals surface area contributed by atoms with E-state index in [0.717, 1.165) is 20.3 Å². The molecule has 0 saturated carbocycles. The highest BCUT2D eigenvalue weighted by Crippen LogP contribution is 2.22. The molecule has 1 aromatic heterocycles. The molecule has 0 saturated heterocycles. The molecule has 9 heteroatoms. The summed E-state index contributed by atoms with van der Waals surface area (Å²) in [4.78, 5) is 17.7. The van der Waals surface area contributed by atoms with Crippen molar-refractivity contribution in [1.82, 2.24) is 4.57 Å². The number of hydrogen-bond donors (Lipinski definition) is 1. The Morgan fingerprint density at radius 2 is 1.82 bits per heavy atom. The van der Waals surface area contributed by atoms with Crippen molar-refractivity contribution < 1.29 is 13.2 Å². The van der Waals surface area contributed by atoms with Gasteiger partial charge in [-0.15, -0.1) is 6.42 Å². The molecule has 0 aliphatic carbocycles. The summed E-state index contributed by atoms with van der Waals surface area (Å²) in [5.41, 5.74) is 2.55. The van der Waals surface area contributed by atoms with Gasteiger partial charge in [0.25, 0.3) is 15.9 Å². The number of sulfonamides is 1. The van der Waals surface area contributed by atoms with Crippen molar-refractivity contribution in [3.05, 3.63) is 87.1 Å². The Morgan fingerprint density at radius 3 is 2.48 bits per heavy atom. The molecule has 0 aliphatic rings. The molecule has 3 aromatic carbocycles. The van der Waals surface area contributed by atoms with Crippen molar-refractivity contribution in [3.63, 3.8) is 0 Å².